The average Bonchev–Trinajstić information content (AvgIpc) is 3.05. The van der Waals surface area contributed by atoms with Crippen LogP contribution in [0.3, 0.4) is 0 Å². The molecule has 2 N–H and O–H groups in total. The van der Waals surface area contributed by atoms with E-state index in [9.17, 15) is 4.79 Å². The van der Waals surface area contributed by atoms with E-state index in [2.05, 4.69) is 39.3 Å². The van der Waals surface area contributed by atoms with Crippen LogP contribution in [0.5, 0.6) is 5.75 Å². The van der Waals surface area contributed by atoms with Gasteiger partial charge in [0.15, 0.2) is 0 Å². The summed E-state index contributed by atoms with van der Waals surface area (Å²) in [6.45, 7) is 6.81. The molecule has 1 fully saturated rings. The highest BCUT2D eigenvalue weighted by Crippen LogP contribution is 2.34. The summed E-state index contributed by atoms with van der Waals surface area (Å²) < 4.78 is 5.99. The maximum absolute atomic E-state index is 12.4. The Balaban J connectivity index is 1.31. The number of likely N-dealkylation sites (N-methyl/N-ethyl adjacent to an activating group) is 1. The van der Waals surface area contributed by atoms with Crippen LogP contribution in [0.2, 0.25) is 0 Å². The molecule has 6 heteroatoms. The van der Waals surface area contributed by atoms with Gasteiger partial charge in [0.1, 0.15) is 12.4 Å². The normalized spacial score (nSPS) is 17.7. The van der Waals surface area contributed by atoms with E-state index in [4.69, 9.17) is 4.74 Å². The van der Waals surface area contributed by atoms with Gasteiger partial charge in [-0.2, -0.15) is 0 Å². The minimum Gasteiger partial charge on any atom is -0.492 e. The summed E-state index contributed by atoms with van der Waals surface area (Å²) in [6.07, 6.45) is 0.821. The fourth-order valence-corrected chi connectivity index (χ4v) is 4.48. The SMILES string of the molecule is CN1CCN(CCOc2ccc(-c3[nH]c4cccc5c4c3CCNC5=O)cc2)CC1. The Morgan fingerprint density at radius 2 is 1.83 bits per heavy atom. The van der Waals surface area contributed by atoms with Crippen LogP contribution < -0.4 is 10.1 Å². The molecule has 0 radical (unpaired) electrons. The smallest absolute Gasteiger partial charge is 0.251 e. The molecule has 2 aliphatic heterocycles. The Morgan fingerprint density at radius 1 is 1.03 bits per heavy atom. The summed E-state index contributed by atoms with van der Waals surface area (Å²) in [5.41, 5.74) is 5.20. The molecule has 5 rings (SSSR count). The third-order valence-electron chi connectivity index (χ3n) is 6.25. The van der Waals surface area contributed by atoms with Gasteiger partial charge in [-0.1, -0.05) is 6.07 Å². The lowest BCUT2D eigenvalue weighted by Gasteiger charge is -2.32. The van der Waals surface area contributed by atoms with Gasteiger partial charge in [0.2, 0.25) is 0 Å². The number of benzene rings is 2. The first-order chi connectivity index (χ1) is 14.7. The summed E-state index contributed by atoms with van der Waals surface area (Å²) in [4.78, 5) is 20.7. The van der Waals surface area contributed by atoms with Crippen molar-refractivity contribution < 1.29 is 9.53 Å². The lowest BCUT2D eigenvalue weighted by molar-refractivity contribution is 0.0957. The number of aromatic amines is 1. The van der Waals surface area contributed by atoms with Crippen LogP contribution in [0.15, 0.2) is 42.5 Å². The minimum atomic E-state index is 0.00833. The van der Waals surface area contributed by atoms with E-state index in [-0.39, 0.29) is 5.91 Å². The van der Waals surface area contributed by atoms with E-state index in [1.165, 1.54) is 5.56 Å². The Kier molecular flexibility index (Phi) is 5.19. The van der Waals surface area contributed by atoms with Crippen molar-refractivity contribution >= 4 is 16.8 Å². The number of piperazine rings is 1. The van der Waals surface area contributed by atoms with Crippen molar-refractivity contribution in [1.29, 1.82) is 0 Å². The molecular formula is C24H28N4O2. The molecule has 2 aromatic carbocycles. The summed E-state index contributed by atoms with van der Waals surface area (Å²) in [6, 6.07) is 14.2. The molecule has 0 spiro atoms. The number of nitrogens with zero attached hydrogens (tertiary/aromatic N) is 2. The van der Waals surface area contributed by atoms with Gasteiger partial charge in [0, 0.05) is 61.4 Å². The monoisotopic (exact) mass is 404 g/mol. The minimum absolute atomic E-state index is 0.00833. The Bertz CT molecular complexity index is 1050. The van der Waals surface area contributed by atoms with Crippen LogP contribution in [0, 0.1) is 0 Å². The second kappa shape index (κ2) is 8.13. The van der Waals surface area contributed by atoms with Gasteiger partial charge >= 0.3 is 0 Å². The molecule has 1 saturated heterocycles. The Morgan fingerprint density at radius 3 is 2.63 bits per heavy atom. The van der Waals surface area contributed by atoms with E-state index in [1.54, 1.807) is 0 Å². The molecule has 0 saturated carbocycles. The highest BCUT2D eigenvalue weighted by molar-refractivity contribution is 6.10. The zero-order valence-corrected chi connectivity index (χ0v) is 17.4. The first-order valence-electron chi connectivity index (χ1n) is 10.7. The van der Waals surface area contributed by atoms with Crippen LogP contribution >= 0.6 is 0 Å². The van der Waals surface area contributed by atoms with Gasteiger partial charge in [-0.15, -0.1) is 0 Å². The summed E-state index contributed by atoms with van der Waals surface area (Å²) >= 11 is 0. The molecule has 1 aromatic heterocycles. The lowest BCUT2D eigenvalue weighted by Crippen LogP contribution is -2.45. The van der Waals surface area contributed by atoms with Crippen LogP contribution in [0.4, 0.5) is 0 Å². The van der Waals surface area contributed by atoms with E-state index in [0.717, 1.165) is 72.6 Å². The van der Waals surface area contributed by atoms with E-state index in [1.807, 2.05) is 30.3 Å². The van der Waals surface area contributed by atoms with Crippen molar-refractivity contribution in [2.75, 3.05) is 52.9 Å². The predicted molar refractivity (Wildman–Crippen MR) is 119 cm³/mol. The van der Waals surface area contributed by atoms with Crippen molar-refractivity contribution in [1.82, 2.24) is 20.1 Å². The number of carbonyl (C=O) groups excluding carboxylic acids is 1. The standard InChI is InChI=1S/C24H28N4O2/c1-27-11-13-28(14-12-27)15-16-30-18-7-5-17(6-8-18)23-19-9-10-25-24(29)20-3-2-4-21(26-23)22(19)20/h2-8,26H,9-16H2,1H3,(H,25,29). The van der Waals surface area contributed by atoms with Crippen molar-refractivity contribution in [3.63, 3.8) is 0 Å². The molecule has 3 aromatic rings. The second-order valence-corrected chi connectivity index (χ2v) is 8.23. The van der Waals surface area contributed by atoms with Gasteiger partial charge in [-0.25, -0.2) is 0 Å². The van der Waals surface area contributed by atoms with Gasteiger partial charge in [-0.05, 0) is 61.0 Å². The number of carbonyl (C=O) groups is 1. The molecule has 0 bridgehead atoms. The van der Waals surface area contributed by atoms with Gasteiger partial charge < -0.3 is 19.9 Å². The highest BCUT2D eigenvalue weighted by Gasteiger charge is 2.22. The third kappa shape index (κ3) is 3.68. The Hall–Kier alpha value is -2.83. The van der Waals surface area contributed by atoms with Gasteiger partial charge in [0.05, 0.1) is 0 Å². The molecule has 1 amide bonds. The van der Waals surface area contributed by atoms with Crippen molar-refractivity contribution in [3.8, 4) is 17.0 Å². The van der Waals surface area contributed by atoms with E-state index >= 15 is 0 Å². The van der Waals surface area contributed by atoms with Crippen molar-refractivity contribution in [2.45, 2.75) is 6.42 Å². The molecule has 3 heterocycles. The zero-order valence-electron chi connectivity index (χ0n) is 17.4. The first kappa shape index (κ1) is 19.2. The molecule has 156 valence electrons. The topological polar surface area (TPSA) is 60.6 Å². The quantitative estimate of drug-likeness (QED) is 0.687. The average molecular weight is 405 g/mol. The summed E-state index contributed by atoms with van der Waals surface area (Å²) in [7, 11) is 2.17. The zero-order chi connectivity index (χ0) is 20.5. The molecule has 0 aliphatic carbocycles. The molecule has 0 atom stereocenters. The molecule has 2 aliphatic rings. The third-order valence-corrected chi connectivity index (χ3v) is 6.25. The number of ether oxygens (including phenoxy) is 1. The van der Waals surface area contributed by atoms with Crippen molar-refractivity contribution in [3.05, 3.63) is 53.6 Å². The second-order valence-electron chi connectivity index (χ2n) is 8.23. The number of rotatable bonds is 5. The number of hydrogen-bond acceptors (Lipinski definition) is 4. The summed E-state index contributed by atoms with van der Waals surface area (Å²) in [5.74, 6) is 0.904. The van der Waals surface area contributed by atoms with E-state index in [0.29, 0.717) is 13.2 Å². The number of hydrogen-bond donors (Lipinski definition) is 2. The van der Waals surface area contributed by atoms with E-state index < -0.39 is 0 Å². The van der Waals surface area contributed by atoms with Gasteiger partial charge in [0.25, 0.3) is 5.91 Å². The first-order valence-corrected chi connectivity index (χ1v) is 10.7. The van der Waals surface area contributed by atoms with Gasteiger partial charge in [-0.3, -0.25) is 9.69 Å². The summed E-state index contributed by atoms with van der Waals surface area (Å²) in [5, 5.41) is 4.05. The fraction of sp³-hybridized carbons (Fsp3) is 0.375. The van der Waals surface area contributed by atoms with Crippen LogP contribution in [-0.2, 0) is 6.42 Å². The number of aromatic nitrogens is 1. The van der Waals surface area contributed by atoms with Crippen LogP contribution in [0.1, 0.15) is 15.9 Å². The van der Waals surface area contributed by atoms with Crippen molar-refractivity contribution in [2.24, 2.45) is 0 Å². The highest BCUT2D eigenvalue weighted by atomic mass is 16.5. The number of amides is 1. The maximum Gasteiger partial charge on any atom is 0.251 e. The maximum atomic E-state index is 12.4. The van der Waals surface area contributed by atoms with Crippen LogP contribution in [0.25, 0.3) is 22.2 Å². The van der Waals surface area contributed by atoms with Crippen LogP contribution in [-0.4, -0.2) is 73.6 Å². The molecular weight excluding hydrogens is 376 g/mol. The Labute approximate surface area is 176 Å². The molecule has 6 nitrogen and oxygen atoms in total. The fourth-order valence-electron chi connectivity index (χ4n) is 4.48. The number of nitrogens with one attached hydrogen (secondary N) is 2. The molecule has 30 heavy (non-hydrogen) atoms. The molecule has 0 unspecified atom stereocenters. The number of H-pyrrole nitrogens is 1. The lowest BCUT2D eigenvalue weighted by atomic mass is 10.0. The largest absolute Gasteiger partial charge is 0.492 e. The predicted octanol–water partition coefficient (Wildman–Crippen LogP) is 2.75.